The molecule has 0 heterocycles. The molecule has 0 aliphatic heterocycles. The summed E-state index contributed by atoms with van der Waals surface area (Å²) in [5.74, 6) is 1.01. The Morgan fingerprint density at radius 1 is 0.760 bits per heavy atom. The van der Waals surface area contributed by atoms with E-state index < -0.39 is 0 Å². The summed E-state index contributed by atoms with van der Waals surface area (Å²) >= 11 is 0. The lowest BCUT2D eigenvalue weighted by Crippen LogP contribution is -1.97. The molecule has 128 valence electrons. The van der Waals surface area contributed by atoms with Gasteiger partial charge in [0.1, 0.15) is 5.75 Å². The standard InChI is InChI=1S/C24H26O/c1-5-7-8-17-13-15(3)18-10-12-21-22(25-6-2)14-16(4)19-9-11-20(17)23(18)24(19)21/h9-14H,5-8H2,1-4H3. The molecule has 0 aliphatic carbocycles. The van der Waals surface area contributed by atoms with Crippen molar-refractivity contribution in [3.63, 3.8) is 0 Å². The second kappa shape index (κ2) is 6.22. The van der Waals surface area contributed by atoms with E-state index in [2.05, 4.69) is 64.1 Å². The number of hydrogen-bond acceptors (Lipinski definition) is 1. The summed E-state index contributed by atoms with van der Waals surface area (Å²) in [6.07, 6.45) is 3.63. The maximum absolute atomic E-state index is 5.97. The molecular formula is C24H26O. The van der Waals surface area contributed by atoms with Crippen LogP contribution in [0, 0.1) is 13.8 Å². The van der Waals surface area contributed by atoms with Crippen molar-refractivity contribution in [1.82, 2.24) is 0 Å². The van der Waals surface area contributed by atoms with Gasteiger partial charge in [-0.25, -0.2) is 0 Å². The van der Waals surface area contributed by atoms with Gasteiger partial charge in [-0.2, -0.15) is 0 Å². The molecular weight excluding hydrogens is 304 g/mol. The van der Waals surface area contributed by atoms with Gasteiger partial charge in [0.2, 0.25) is 0 Å². The molecule has 1 nitrogen and oxygen atoms in total. The van der Waals surface area contributed by atoms with Gasteiger partial charge >= 0.3 is 0 Å². The molecule has 0 fully saturated rings. The molecule has 4 aromatic rings. The average Bonchev–Trinajstić information content (AvgIpc) is 2.62. The molecule has 0 aliphatic rings. The highest BCUT2D eigenvalue weighted by molar-refractivity contribution is 6.25. The van der Waals surface area contributed by atoms with Crippen molar-refractivity contribution in [2.45, 2.75) is 47.0 Å². The van der Waals surface area contributed by atoms with E-state index in [0.29, 0.717) is 6.61 Å². The normalized spacial score (nSPS) is 11.8. The monoisotopic (exact) mass is 330 g/mol. The van der Waals surface area contributed by atoms with E-state index in [4.69, 9.17) is 4.74 Å². The lowest BCUT2D eigenvalue weighted by atomic mass is 9.87. The van der Waals surface area contributed by atoms with Crippen LogP contribution >= 0.6 is 0 Å². The first kappa shape index (κ1) is 16.2. The Morgan fingerprint density at radius 3 is 2.04 bits per heavy atom. The molecule has 0 N–H and O–H groups in total. The Morgan fingerprint density at radius 2 is 1.36 bits per heavy atom. The number of benzene rings is 4. The Kier molecular flexibility index (Phi) is 4.03. The van der Waals surface area contributed by atoms with Crippen molar-refractivity contribution in [2.24, 2.45) is 0 Å². The minimum atomic E-state index is 0.699. The van der Waals surface area contributed by atoms with Gasteiger partial charge in [-0.15, -0.1) is 0 Å². The zero-order chi connectivity index (χ0) is 17.6. The van der Waals surface area contributed by atoms with Gasteiger partial charge < -0.3 is 4.74 Å². The zero-order valence-corrected chi connectivity index (χ0v) is 15.7. The fourth-order valence-electron chi connectivity index (χ4n) is 4.24. The lowest BCUT2D eigenvalue weighted by molar-refractivity contribution is 0.344. The van der Waals surface area contributed by atoms with Crippen molar-refractivity contribution in [2.75, 3.05) is 6.61 Å². The summed E-state index contributed by atoms with van der Waals surface area (Å²) in [4.78, 5) is 0. The van der Waals surface area contributed by atoms with Crippen molar-refractivity contribution < 1.29 is 4.74 Å². The maximum Gasteiger partial charge on any atom is 0.127 e. The van der Waals surface area contributed by atoms with Crippen LogP contribution in [0.25, 0.3) is 32.3 Å². The maximum atomic E-state index is 5.97. The summed E-state index contributed by atoms with van der Waals surface area (Å²) in [5.41, 5.74) is 4.16. The van der Waals surface area contributed by atoms with Crippen LogP contribution in [-0.4, -0.2) is 6.61 Å². The Labute approximate surface area is 149 Å². The van der Waals surface area contributed by atoms with Crippen LogP contribution in [0.15, 0.2) is 36.4 Å². The van der Waals surface area contributed by atoms with Crippen LogP contribution in [0.1, 0.15) is 43.4 Å². The van der Waals surface area contributed by atoms with Crippen LogP contribution in [0.5, 0.6) is 5.75 Å². The third kappa shape index (κ3) is 2.45. The van der Waals surface area contributed by atoms with E-state index in [1.165, 1.54) is 61.8 Å². The van der Waals surface area contributed by atoms with Gasteiger partial charge in [-0.1, -0.05) is 37.6 Å². The first-order valence-electron chi connectivity index (χ1n) is 9.49. The van der Waals surface area contributed by atoms with Crippen molar-refractivity contribution in [3.8, 4) is 5.75 Å². The summed E-state index contributed by atoms with van der Waals surface area (Å²) in [6.45, 7) is 9.46. The van der Waals surface area contributed by atoms with Crippen molar-refractivity contribution >= 4 is 32.3 Å². The van der Waals surface area contributed by atoms with Crippen LogP contribution in [0.2, 0.25) is 0 Å². The van der Waals surface area contributed by atoms with Gasteiger partial charge in [-0.05, 0) is 84.0 Å². The molecule has 1 heteroatoms. The lowest BCUT2D eigenvalue weighted by Gasteiger charge is -2.19. The van der Waals surface area contributed by atoms with E-state index in [0.717, 1.165) is 12.2 Å². The van der Waals surface area contributed by atoms with Crippen molar-refractivity contribution in [3.05, 3.63) is 53.1 Å². The third-order valence-electron chi connectivity index (χ3n) is 5.46. The van der Waals surface area contributed by atoms with Crippen LogP contribution in [0.4, 0.5) is 0 Å². The molecule has 0 saturated heterocycles. The van der Waals surface area contributed by atoms with E-state index in [9.17, 15) is 0 Å². The number of hydrogen-bond donors (Lipinski definition) is 0. The van der Waals surface area contributed by atoms with E-state index >= 15 is 0 Å². The molecule has 0 aromatic heterocycles. The Bertz CT molecular complexity index is 1060. The van der Waals surface area contributed by atoms with Gasteiger partial charge in [0, 0.05) is 10.8 Å². The van der Waals surface area contributed by atoms with E-state index in [-0.39, 0.29) is 0 Å². The number of aryl methyl sites for hydroxylation is 3. The quantitative estimate of drug-likeness (QED) is 0.360. The van der Waals surface area contributed by atoms with Gasteiger partial charge in [-0.3, -0.25) is 0 Å². The first-order chi connectivity index (χ1) is 12.2. The first-order valence-corrected chi connectivity index (χ1v) is 9.49. The van der Waals surface area contributed by atoms with Gasteiger partial charge in [0.05, 0.1) is 6.61 Å². The topological polar surface area (TPSA) is 9.23 Å². The summed E-state index contributed by atoms with van der Waals surface area (Å²) in [6, 6.07) is 13.7. The summed E-state index contributed by atoms with van der Waals surface area (Å²) < 4.78 is 5.97. The minimum Gasteiger partial charge on any atom is -0.493 e. The predicted molar refractivity (Wildman–Crippen MR) is 109 cm³/mol. The molecule has 0 atom stereocenters. The highest BCUT2D eigenvalue weighted by Gasteiger charge is 2.16. The van der Waals surface area contributed by atoms with Crippen LogP contribution in [-0.2, 0) is 6.42 Å². The highest BCUT2D eigenvalue weighted by atomic mass is 16.5. The molecule has 0 amide bonds. The van der Waals surface area contributed by atoms with Crippen LogP contribution in [0.3, 0.4) is 0 Å². The third-order valence-corrected chi connectivity index (χ3v) is 5.46. The predicted octanol–water partition coefficient (Wildman–Crippen LogP) is 6.94. The zero-order valence-electron chi connectivity index (χ0n) is 15.7. The fourth-order valence-corrected chi connectivity index (χ4v) is 4.24. The molecule has 25 heavy (non-hydrogen) atoms. The van der Waals surface area contributed by atoms with Crippen LogP contribution < -0.4 is 4.74 Å². The number of rotatable bonds is 5. The smallest absolute Gasteiger partial charge is 0.127 e. The largest absolute Gasteiger partial charge is 0.493 e. The Hall–Kier alpha value is -2.28. The molecule has 4 rings (SSSR count). The van der Waals surface area contributed by atoms with Gasteiger partial charge in [0.25, 0.3) is 0 Å². The van der Waals surface area contributed by atoms with E-state index in [1.54, 1.807) is 0 Å². The highest BCUT2D eigenvalue weighted by Crippen LogP contribution is 2.42. The fraction of sp³-hybridized carbons (Fsp3) is 0.333. The Balaban J connectivity index is 2.17. The number of unbranched alkanes of at least 4 members (excludes halogenated alkanes) is 1. The van der Waals surface area contributed by atoms with Gasteiger partial charge in [0.15, 0.2) is 0 Å². The summed E-state index contributed by atoms with van der Waals surface area (Å²) in [7, 11) is 0. The second-order valence-electron chi connectivity index (χ2n) is 7.15. The molecule has 0 saturated carbocycles. The number of ether oxygens (including phenoxy) is 1. The SMILES string of the molecule is CCCCc1cc(C)c2ccc3c(OCC)cc(C)c4ccc1c2c43. The summed E-state index contributed by atoms with van der Waals surface area (Å²) in [5, 5.41) is 8.18. The molecule has 0 unspecified atom stereocenters. The van der Waals surface area contributed by atoms with E-state index in [1.807, 2.05) is 0 Å². The molecule has 0 radical (unpaired) electrons. The molecule has 0 bridgehead atoms. The molecule has 0 spiro atoms. The average molecular weight is 330 g/mol. The minimum absolute atomic E-state index is 0.699. The molecule has 4 aromatic carbocycles. The van der Waals surface area contributed by atoms with Crippen molar-refractivity contribution in [1.29, 1.82) is 0 Å². The second-order valence-corrected chi connectivity index (χ2v) is 7.15.